The monoisotopic (exact) mass is 471 g/mol. The summed E-state index contributed by atoms with van der Waals surface area (Å²) in [5.74, 6) is -0.504. The lowest BCUT2D eigenvalue weighted by Crippen LogP contribution is -2.40. The summed E-state index contributed by atoms with van der Waals surface area (Å²) in [5.41, 5.74) is 2.35. The minimum Gasteiger partial charge on any atom is -0.372 e. The van der Waals surface area contributed by atoms with E-state index in [1.165, 1.54) is 24.3 Å². The quantitative estimate of drug-likeness (QED) is 0.464. The zero-order valence-electron chi connectivity index (χ0n) is 18.0. The normalized spacial score (nSPS) is 17.6. The van der Waals surface area contributed by atoms with Crippen LogP contribution in [-0.2, 0) is 27.0 Å². The van der Waals surface area contributed by atoms with Crippen molar-refractivity contribution < 1.29 is 18.3 Å². The van der Waals surface area contributed by atoms with E-state index < -0.39 is 21.5 Å². The number of aromatic nitrogens is 1. The van der Waals surface area contributed by atoms with Gasteiger partial charge in [-0.2, -0.15) is 0 Å². The van der Waals surface area contributed by atoms with E-state index in [4.69, 9.17) is 5.14 Å². The zero-order valence-corrected chi connectivity index (χ0v) is 18.8. The van der Waals surface area contributed by atoms with Gasteiger partial charge in [0.05, 0.1) is 17.1 Å². The molecule has 3 aromatic carbocycles. The lowest BCUT2D eigenvalue weighted by Gasteiger charge is -2.24. The van der Waals surface area contributed by atoms with Gasteiger partial charge in [-0.25, -0.2) is 13.6 Å². The van der Waals surface area contributed by atoms with Crippen LogP contribution in [0.15, 0.2) is 102 Å². The summed E-state index contributed by atoms with van der Waals surface area (Å²) in [6.45, 7) is 0.268. The number of primary sulfonamides is 1. The molecule has 5 rings (SSSR count). The van der Waals surface area contributed by atoms with Gasteiger partial charge in [0.25, 0.3) is 5.91 Å². The van der Waals surface area contributed by atoms with E-state index in [2.05, 4.69) is 4.98 Å². The van der Waals surface area contributed by atoms with Crippen molar-refractivity contribution in [2.75, 3.05) is 4.90 Å². The maximum atomic E-state index is 13.6. The molecule has 170 valence electrons. The Hall–Kier alpha value is -3.85. The number of carbonyl (C=O) groups is 1. The average Bonchev–Trinajstić information content (AvgIpc) is 3.07. The van der Waals surface area contributed by atoms with E-state index in [-0.39, 0.29) is 17.0 Å². The molecule has 3 N–H and O–H groups in total. The lowest BCUT2D eigenvalue weighted by molar-refractivity contribution is -0.132. The first-order valence-corrected chi connectivity index (χ1v) is 12.1. The molecule has 0 saturated heterocycles. The zero-order chi connectivity index (χ0) is 23.9. The molecule has 0 radical (unpaired) electrons. The number of hydrogen-bond acceptors (Lipinski definition) is 5. The van der Waals surface area contributed by atoms with Gasteiger partial charge >= 0.3 is 0 Å². The van der Waals surface area contributed by atoms with Crippen LogP contribution in [0.25, 0.3) is 11.1 Å². The fourth-order valence-electron chi connectivity index (χ4n) is 4.29. The van der Waals surface area contributed by atoms with Gasteiger partial charge in [0.1, 0.15) is 0 Å². The maximum Gasteiger partial charge on any atom is 0.268 e. The highest BCUT2D eigenvalue weighted by Crippen LogP contribution is 2.45. The number of hydrogen-bond donors (Lipinski definition) is 2. The van der Waals surface area contributed by atoms with E-state index in [0.717, 1.165) is 16.7 Å². The number of aliphatic hydroxyl groups is 1. The third-order valence-electron chi connectivity index (χ3n) is 6.05. The number of pyridine rings is 1. The number of benzene rings is 3. The summed E-state index contributed by atoms with van der Waals surface area (Å²) in [7, 11) is -3.89. The minimum absolute atomic E-state index is 0.0928. The predicted molar refractivity (Wildman–Crippen MR) is 128 cm³/mol. The minimum atomic E-state index is -3.89. The molecule has 1 aromatic heterocycles. The Balaban J connectivity index is 1.49. The molecule has 7 nitrogen and oxygen atoms in total. The van der Waals surface area contributed by atoms with Gasteiger partial charge in [0.15, 0.2) is 5.60 Å². The third kappa shape index (κ3) is 3.67. The number of amides is 1. The summed E-state index contributed by atoms with van der Waals surface area (Å²) < 4.78 is 23.2. The Morgan fingerprint density at radius 2 is 1.47 bits per heavy atom. The van der Waals surface area contributed by atoms with Crippen molar-refractivity contribution in [3.05, 3.63) is 114 Å². The Morgan fingerprint density at radius 1 is 0.853 bits per heavy atom. The van der Waals surface area contributed by atoms with Crippen LogP contribution in [0.1, 0.15) is 16.7 Å². The Kier molecular flexibility index (Phi) is 5.28. The molecule has 1 atom stereocenters. The molecule has 1 aliphatic heterocycles. The number of para-hydroxylation sites is 1. The number of nitrogens with two attached hydrogens (primary N) is 1. The second-order valence-electron chi connectivity index (χ2n) is 8.12. The van der Waals surface area contributed by atoms with E-state index in [1.807, 2.05) is 42.5 Å². The van der Waals surface area contributed by atoms with Crippen molar-refractivity contribution in [3.63, 3.8) is 0 Å². The Bertz CT molecular complexity index is 1470. The molecular formula is C26H21N3O4S. The lowest BCUT2D eigenvalue weighted by atomic mass is 9.87. The molecule has 4 aromatic rings. The number of anilines is 1. The molecule has 0 fully saturated rings. The predicted octanol–water partition coefficient (Wildman–Crippen LogP) is 3.18. The van der Waals surface area contributed by atoms with Crippen LogP contribution < -0.4 is 10.0 Å². The summed E-state index contributed by atoms with van der Waals surface area (Å²) in [5, 5.41) is 16.8. The Morgan fingerprint density at radius 3 is 2.12 bits per heavy atom. The molecular weight excluding hydrogens is 450 g/mol. The topological polar surface area (TPSA) is 114 Å². The molecule has 0 unspecified atom stereocenters. The molecule has 34 heavy (non-hydrogen) atoms. The first-order chi connectivity index (χ1) is 16.3. The maximum absolute atomic E-state index is 13.6. The number of sulfonamides is 1. The summed E-state index contributed by atoms with van der Waals surface area (Å²) in [6.07, 6.45) is 3.47. The molecule has 1 aliphatic rings. The third-order valence-corrected chi connectivity index (χ3v) is 6.98. The van der Waals surface area contributed by atoms with Crippen LogP contribution in [-0.4, -0.2) is 24.4 Å². The highest BCUT2D eigenvalue weighted by molar-refractivity contribution is 7.89. The molecule has 0 spiro atoms. The van der Waals surface area contributed by atoms with E-state index in [9.17, 15) is 18.3 Å². The second-order valence-corrected chi connectivity index (χ2v) is 9.68. The van der Waals surface area contributed by atoms with Crippen molar-refractivity contribution in [1.29, 1.82) is 0 Å². The van der Waals surface area contributed by atoms with Crippen molar-refractivity contribution >= 4 is 21.6 Å². The van der Waals surface area contributed by atoms with Gasteiger partial charge in [-0.1, -0.05) is 54.6 Å². The molecule has 1 amide bonds. The highest BCUT2D eigenvalue weighted by Gasteiger charge is 2.50. The molecule has 0 bridgehead atoms. The van der Waals surface area contributed by atoms with Crippen molar-refractivity contribution in [3.8, 4) is 11.1 Å². The summed E-state index contributed by atoms with van der Waals surface area (Å²) in [4.78, 5) is 19.1. The number of fused-ring (bicyclic) bond motifs is 1. The van der Waals surface area contributed by atoms with Crippen molar-refractivity contribution in [2.24, 2.45) is 5.14 Å². The largest absolute Gasteiger partial charge is 0.372 e. The smallest absolute Gasteiger partial charge is 0.268 e. The summed E-state index contributed by atoms with van der Waals surface area (Å²) >= 11 is 0. The van der Waals surface area contributed by atoms with E-state index >= 15 is 0 Å². The van der Waals surface area contributed by atoms with Crippen molar-refractivity contribution in [1.82, 2.24) is 4.98 Å². The highest BCUT2D eigenvalue weighted by atomic mass is 32.2. The second kappa shape index (κ2) is 8.18. The van der Waals surface area contributed by atoms with Crippen LogP contribution >= 0.6 is 0 Å². The van der Waals surface area contributed by atoms with Gasteiger partial charge in [0, 0.05) is 18.0 Å². The van der Waals surface area contributed by atoms with Gasteiger partial charge in [-0.3, -0.25) is 9.78 Å². The number of nitrogens with zero attached hydrogens (tertiary/aromatic N) is 2. The van der Waals surface area contributed by atoms with Crippen LogP contribution in [0, 0.1) is 0 Å². The van der Waals surface area contributed by atoms with Gasteiger partial charge in [0.2, 0.25) is 10.0 Å². The van der Waals surface area contributed by atoms with Crippen LogP contribution in [0.3, 0.4) is 0 Å². The summed E-state index contributed by atoms with van der Waals surface area (Å²) in [6, 6.07) is 24.2. The number of carbonyl (C=O) groups excluding carboxylic acids is 1. The van der Waals surface area contributed by atoms with Crippen LogP contribution in [0.5, 0.6) is 0 Å². The van der Waals surface area contributed by atoms with Gasteiger partial charge in [-0.05, 0) is 52.6 Å². The van der Waals surface area contributed by atoms with Crippen LogP contribution in [0.2, 0.25) is 0 Å². The van der Waals surface area contributed by atoms with Gasteiger partial charge < -0.3 is 10.0 Å². The van der Waals surface area contributed by atoms with Gasteiger partial charge in [-0.15, -0.1) is 0 Å². The van der Waals surface area contributed by atoms with Crippen molar-refractivity contribution in [2.45, 2.75) is 17.0 Å². The first kappa shape index (κ1) is 22.0. The standard InChI is InChI=1S/C26H21N3O4S/c27-34(32,33)22-11-9-21(10-12-22)26(31)23-3-1-2-4-24(23)29(25(26)30)17-18-5-7-19(8-6-18)20-13-15-28-16-14-20/h1-16,31H,17H2,(H2,27,32,33)/t26-/m1/s1. The molecule has 8 heteroatoms. The van der Waals surface area contributed by atoms with E-state index in [1.54, 1.807) is 35.5 Å². The first-order valence-electron chi connectivity index (χ1n) is 10.5. The Labute approximate surface area is 197 Å². The number of rotatable bonds is 5. The SMILES string of the molecule is NS(=O)(=O)c1ccc([C@]2(O)C(=O)N(Cc3ccc(-c4ccncc4)cc3)c3ccccc32)cc1. The van der Waals surface area contributed by atoms with E-state index in [0.29, 0.717) is 11.3 Å². The van der Waals surface area contributed by atoms with Crippen LogP contribution in [0.4, 0.5) is 5.69 Å². The average molecular weight is 472 g/mol. The fourth-order valence-corrected chi connectivity index (χ4v) is 4.80. The molecule has 0 saturated carbocycles. The molecule has 2 heterocycles. The molecule has 0 aliphatic carbocycles. The fraction of sp³-hybridized carbons (Fsp3) is 0.0769.